The average Bonchev–Trinajstić information content (AvgIpc) is 2.30. The molecule has 1 fully saturated rings. The summed E-state index contributed by atoms with van der Waals surface area (Å²) in [7, 11) is 0. The monoisotopic (exact) mass is 270 g/mol. The van der Waals surface area contributed by atoms with Crippen LogP contribution >= 0.6 is 15.9 Å². The third-order valence-electron chi connectivity index (χ3n) is 2.77. The fourth-order valence-electron chi connectivity index (χ4n) is 1.92. The molecule has 1 aromatic rings. The lowest BCUT2D eigenvalue weighted by Gasteiger charge is -2.20. The highest BCUT2D eigenvalue weighted by Crippen LogP contribution is 2.23. The van der Waals surface area contributed by atoms with Crippen LogP contribution in [0.1, 0.15) is 32.1 Å². The van der Waals surface area contributed by atoms with E-state index in [1.807, 2.05) is 0 Å². The molecule has 0 radical (unpaired) electrons. The Kier molecular flexibility index (Phi) is 3.94. The molecule has 2 rings (SSSR count). The molecule has 15 heavy (non-hydrogen) atoms. The first-order chi connectivity index (χ1) is 7.34. The van der Waals surface area contributed by atoms with Gasteiger partial charge in [0.2, 0.25) is 0 Å². The highest BCUT2D eigenvalue weighted by atomic mass is 79.9. The fourth-order valence-corrected chi connectivity index (χ4v) is 2.13. The summed E-state index contributed by atoms with van der Waals surface area (Å²) >= 11 is 3.29. The van der Waals surface area contributed by atoms with Gasteiger partial charge in [0.15, 0.2) is 0 Å². The van der Waals surface area contributed by atoms with Crippen LogP contribution in [0, 0.1) is 5.92 Å². The Labute approximate surface area is 98.4 Å². The lowest BCUT2D eigenvalue weighted by molar-refractivity contribution is 0.196. The van der Waals surface area contributed by atoms with Crippen LogP contribution in [-0.4, -0.2) is 16.6 Å². The van der Waals surface area contributed by atoms with Crippen LogP contribution in [0.4, 0.5) is 0 Å². The molecule has 0 atom stereocenters. The van der Waals surface area contributed by atoms with Gasteiger partial charge in [0.25, 0.3) is 0 Å². The predicted octanol–water partition coefficient (Wildman–Crippen LogP) is 3.20. The molecule has 0 bridgehead atoms. The summed E-state index contributed by atoms with van der Waals surface area (Å²) in [5.74, 6) is 0.700. The predicted molar refractivity (Wildman–Crippen MR) is 61.8 cm³/mol. The van der Waals surface area contributed by atoms with Crippen molar-refractivity contribution in [3.8, 4) is 6.01 Å². The quantitative estimate of drug-likeness (QED) is 0.846. The summed E-state index contributed by atoms with van der Waals surface area (Å²) in [6, 6.07) is 0.490. The summed E-state index contributed by atoms with van der Waals surface area (Å²) in [6.45, 7) is 0.766. The van der Waals surface area contributed by atoms with Gasteiger partial charge in [0.1, 0.15) is 0 Å². The molecule has 82 valence electrons. The number of nitrogens with zero attached hydrogens (tertiary/aromatic N) is 2. The van der Waals surface area contributed by atoms with Crippen LogP contribution < -0.4 is 4.74 Å². The molecule has 0 unspecified atom stereocenters. The van der Waals surface area contributed by atoms with E-state index in [0.29, 0.717) is 11.9 Å². The van der Waals surface area contributed by atoms with E-state index in [9.17, 15) is 0 Å². The van der Waals surface area contributed by atoms with E-state index in [1.165, 1.54) is 32.1 Å². The van der Waals surface area contributed by atoms with Gasteiger partial charge in [0, 0.05) is 12.4 Å². The van der Waals surface area contributed by atoms with Crippen LogP contribution in [0.5, 0.6) is 6.01 Å². The molecular formula is C11H15BrN2O. The molecule has 1 aliphatic rings. The van der Waals surface area contributed by atoms with Gasteiger partial charge in [-0.1, -0.05) is 19.3 Å². The van der Waals surface area contributed by atoms with Gasteiger partial charge in [-0.05, 0) is 34.7 Å². The van der Waals surface area contributed by atoms with Crippen molar-refractivity contribution in [1.82, 2.24) is 9.97 Å². The molecule has 1 aliphatic carbocycles. The molecule has 0 aromatic carbocycles. The second-order valence-corrected chi connectivity index (χ2v) is 4.91. The summed E-state index contributed by atoms with van der Waals surface area (Å²) in [5.41, 5.74) is 0. The lowest BCUT2D eigenvalue weighted by Crippen LogP contribution is -2.16. The maximum Gasteiger partial charge on any atom is 0.316 e. The van der Waals surface area contributed by atoms with Crippen molar-refractivity contribution in [2.24, 2.45) is 5.92 Å². The van der Waals surface area contributed by atoms with Crippen molar-refractivity contribution in [2.45, 2.75) is 32.1 Å². The smallest absolute Gasteiger partial charge is 0.316 e. The van der Waals surface area contributed by atoms with Gasteiger partial charge in [-0.15, -0.1) is 0 Å². The Bertz CT molecular complexity index is 296. The molecule has 0 saturated heterocycles. The van der Waals surface area contributed by atoms with Crippen LogP contribution in [-0.2, 0) is 0 Å². The van der Waals surface area contributed by atoms with Gasteiger partial charge in [-0.3, -0.25) is 0 Å². The minimum absolute atomic E-state index is 0.490. The van der Waals surface area contributed by atoms with E-state index in [0.717, 1.165) is 11.1 Å². The summed E-state index contributed by atoms with van der Waals surface area (Å²) in [5, 5.41) is 0. The Hall–Kier alpha value is -0.640. The summed E-state index contributed by atoms with van der Waals surface area (Å²) < 4.78 is 6.44. The van der Waals surface area contributed by atoms with Gasteiger partial charge in [-0.2, -0.15) is 0 Å². The van der Waals surface area contributed by atoms with Gasteiger partial charge < -0.3 is 4.74 Å². The fraction of sp³-hybridized carbons (Fsp3) is 0.636. The van der Waals surface area contributed by atoms with Crippen molar-refractivity contribution < 1.29 is 4.74 Å². The third kappa shape index (κ3) is 3.45. The number of ether oxygens (including phenoxy) is 1. The molecule has 1 heterocycles. The largest absolute Gasteiger partial charge is 0.463 e. The first kappa shape index (κ1) is 10.9. The molecule has 0 amide bonds. The number of halogens is 1. The topological polar surface area (TPSA) is 35.0 Å². The molecule has 1 saturated carbocycles. The highest BCUT2D eigenvalue weighted by Gasteiger charge is 2.14. The minimum Gasteiger partial charge on any atom is -0.463 e. The van der Waals surface area contributed by atoms with E-state index in [-0.39, 0.29) is 0 Å². The number of hydrogen-bond acceptors (Lipinski definition) is 3. The zero-order chi connectivity index (χ0) is 10.5. The molecule has 1 aromatic heterocycles. The Morgan fingerprint density at radius 3 is 2.53 bits per heavy atom. The maximum atomic E-state index is 5.56. The van der Waals surface area contributed by atoms with E-state index in [2.05, 4.69) is 25.9 Å². The van der Waals surface area contributed by atoms with E-state index in [1.54, 1.807) is 12.4 Å². The standard InChI is InChI=1S/C11H15BrN2O/c12-10-6-13-11(14-7-10)15-8-9-4-2-1-3-5-9/h6-7,9H,1-5,8H2. The molecule has 4 heteroatoms. The van der Waals surface area contributed by atoms with Crippen LogP contribution in [0.15, 0.2) is 16.9 Å². The van der Waals surface area contributed by atoms with Crippen molar-refractivity contribution in [3.63, 3.8) is 0 Å². The van der Waals surface area contributed by atoms with Crippen LogP contribution in [0.3, 0.4) is 0 Å². The first-order valence-electron chi connectivity index (χ1n) is 5.45. The maximum absolute atomic E-state index is 5.56. The molecular weight excluding hydrogens is 256 g/mol. The van der Waals surface area contributed by atoms with Crippen molar-refractivity contribution in [2.75, 3.05) is 6.61 Å². The van der Waals surface area contributed by atoms with Crippen molar-refractivity contribution in [1.29, 1.82) is 0 Å². The van der Waals surface area contributed by atoms with E-state index >= 15 is 0 Å². The Balaban J connectivity index is 1.79. The summed E-state index contributed by atoms with van der Waals surface area (Å²) in [4.78, 5) is 8.16. The average molecular weight is 271 g/mol. The molecule has 3 nitrogen and oxygen atoms in total. The van der Waals surface area contributed by atoms with Gasteiger partial charge >= 0.3 is 6.01 Å². The van der Waals surface area contributed by atoms with Crippen LogP contribution in [0.25, 0.3) is 0 Å². The van der Waals surface area contributed by atoms with E-state index < -0.39 is 0 Å². The van der Waals surface area contributed by atoms with Crippen molar-refractivity contribution >= 4 is 15.9 Å². The zero-order valence-corrected chi connectivity index (χ0v) is 10.2. The zero-order valence-electron chi connectivity index (χ0n) is 8.66. The summed E-state index contributed by atoms with van der Waals surface area (Å²) in [6.07, 6.45) is 10.1. The Morgan fingerprint density at radius 1 is 1.20 bits per heavy atom. The second kappa shape index (κ2) is 5.45. The first-order valence-corrected chi connectivity index (χ1v) is 6.24. The van der Waals surface area contributed by atoms with Gasteiger partial charge in [-0.25, -0.2) is 9.97 Å². The molecule has 0 aliphatic heterocycles. The number of rotatable bonds is 3. The SMILES string of the molecule is Brc1cnc(OCC2CCCCC2)nc1. The van der Waals surface area contributed by atoms with E-state index in [4.69, 9.17) is 4.74 Å². The van der Waals surface area contributed by atoms with Gasteiger partial charge in [0.05, 0.1) is 11.1 Å². The van der Waals surface area contributed by atoms with Crippen molar-refractivity contribution in [3.05, 3.63) is 16.9 Å². The minimum atomic E-state index is 0.490. The molecule has 0 spiro atoms. The molecule has 0 N–H and O–H groups in total. The third-order valence-corrected chi connectivity index (χ3v) is 3.18. The lowest BCUT2D eigenvalue weighted by atomic mass is 9.90. The van der Waals surface area contributed by atoms with Crippen LogP contribution in [0.2, 0.25) is 0 Å². The number of aromatic nitrogens is 2. The second-order valence-electron chi connectivity index (χ2n) is 4.00. The normalized spacial score (nSPS) is 17.7. The highest BCUT2D eigenvalue weighted by molar-refractivity contribution is 9.10. The Morgan fingerprint density at radius 2 is 1.87 bits per heavy atom. The number of hydrogen-bond donors (Lipinski definition) is 0.